The molecule has 1 aliphatic rings. The van der Waals surface area contributed by atoms with E-state index in [-0.39, 0.29) is 11.6 Å². The molecular weight excluding hydrogens is 196 g/mol. The van der Waals surface area contributed by atoms with E-state index >= 15 is 0 Å². The Morgan fingerprint density at radius 2 is 2.20 bits per heavy atom. The fourth-order valence-electron chi connectivity index (χ4n) is 1.99. The predicted molar refractivity (Wildman–Crippen MR) is 52.8 cm³/mol. The topological polar surface area (TPSA) is 80.0 Å². The van der Waals surface area contributed by atoms with Crippen LogP contribution >= 0.6 is 0 Å². The standard InChI is InChI=1S/C9H14N4O2/c1-13-8(9(14)15)7(11-12-13)6-2-4-10-5-3-6/h6,10H,2-5H2,1H3,(H,14,15). The fraction of sp³-hybridized carbons (Fsp3) is 0.667. The number of nitrogens with zero attached hydrogens (tertiary/aromatic N) is 3. The summed E-state index contributed by atoms with van der Waals surface area (Å²) in [5.74, 6) is -0.720. The smallest absolute Gasteiger partial charge is 0.356 e. The van der Waals surface area contributed by atoms with Crippen LogP contribution in [0, 0.1) is 0 Å². The molecule has 0 aliphatic carbocycles. The second-order valence-electron chi connectivity index (χ2n) is 3.78. The lowest BCUT2D eigenvalue weighted by Gasteiger charge is -2.20. The van der Waals surface area contributed by atoms with Gasteiger partial charge in [-0.05, 0) is 25.9 Å². The molecule has 0 aromatic carbocycles. The van der Waals surface area contributed by atoms with Crippen molar-refractivity contribution in [1.29, 1.82) is 0 Å². The van der Waals surface area contributed by atoms with Crippen molar-refractivity contribution < 1.29 is 9.90 Å². The van der Waals surface area contributed by atoms with Gasteiger partial charge < -0.3 is 10.4 Å². The Morgan fingerprint density at radius 3 is 2.80 bits per heavy atom. The van der Waals surface area contributed by atoms with E-state index in [1.54, 1.807) is 7.05 Å². The number of hydrogen-bond donors (Lipinski definition) is 2. The molecule has 2 N–H and O–H groups in total. The largest absolute Gasteiger partial charge is 0.476 e. The molecule has 1 aromatic heterocycles. The van der Waals surface area contributed by atoms with E-state index in [9.17, 15) is 4.79 Å². The molecule has 0 unspecified atom stereocenters. The number of nitrogens with one attached hydrogen (secondary N) is 1. The summed E-state index contributed by atoms with van der Waals surface area (Å²) in [6, 6.07) is 0. The molecule has 0 saturated carbocycles. The molecule has 1 aromatic rings. The Kier molecular flexibility index (Phi) is 2.68. The number of piperidine rings is 1. The maximum absolute atomic E-state index is 11.0. The molecule has 0 spiro atoms. The van der Waals surface area contributed by atoms with Crippen LogP contribution in [0.4, 0.5) is 0 Å². The van der Waals surface area contributed by atoms with Crippen LogP contribution in [0.2, 0.25) is 0 Å². The second kappa shape index (κ2) is 3.98. The van der Waals surface area contributed by atoms with Gasteiger partial charge in [0.25, 0.3) is 0 Å². The van der Waals surface area contributed by atoms with E-state index < -0.39 is 5.97 Å². The fourth-order valence-corrected chi connectivity index (χ4v) is 1.99. The highest BCUT2D eigenvalue weighted by Gasteiger charge is 2.26. The summed E-state index contributed by atoms with van der Waals surface area (Å²) in [5, 5.41) is 20.0. The van der Waals surface area contributed by atoms with Crippen LogP contribution in [0.5, 0.6) is 0 Å². The van der Waals surface area contributed by atoms with Crippen LogP contribution in [0.1, 0.15) is 34.9 Å². The number of carboxylic acid groups (broad SMARTS) is 1. The molecule has 0 bridgehead atoms. The molecule has 0 radical (unpaired) electrons. The number of aromatic nitrogens is 3. The van der Waals surface area contributed by atoms with Gasteiger partial charge in [0, 0.05) is 13.0 Å². The third-order valence-electron chi connectivity index (χ3n) is 2.78. The molecule has 6 nitrogen and oxygen atoms in total. The van der Waals surface area contributed by atoms with Gasteiger partial charge in [-0.1, -0.05) is 5.21 Å². The molecule has 6 heteroatoms. The minimum absolute atomic E-state index is 0.224. The van der Waals surface area contributed by atoms with E-state index in [0.717, 1.165) is 25.9 Å². The molecule has 1 fully saturated rings. The molecule has 0 amide bonds. The molecule has 15 heavy (non-hydrogen) atoms. The van der Waals surface area contributed by atoms with Crippen LogP contribution in [0.25, 0.3) is 0 Å². The third-order valence-corrected chi connectivity index (χ3v) is 2.78. The lowest BCUT2D eigenvalue weighted by Crippen LogP contribution is -2.27. The third kappa shape index (κ3) is 1.85. The SMILES string of the molecule is Cn1nnc(C2CCNCC2)c1C(=O)O. The van der Waals surface area contributed by atoms with Crippen molar-refractivity contribution in [2.75, 3.05) is 13.1 Å². The van der Waals surface area contributed by atoms with E-state index in [4.69, 9.17) is 5.11 Å². The molecular formula is C9H14N4O2. The quantitative estimate of drug-likeness (QED) is 0.717. The first-order valence-electron chi connectivity index (χ1n) is 5.03. The van der Waals surface area contributed by atoms with Crippen molar-refractivity contribution in [3.8, 4) is 0 Å². The molecule has 1 saturated heterocycles. The zero-order chi connectivity index (χ0) is 10.8. The number of rotatable bonds is 2. The summed E-state index contributed by atoms with van der Waals surface area (Å²) >= 11 is 0. The van der Waals surface area contributed by atoms with E-state index in [1.807, 2.05) is 0 Å². The van der Waals surface area contributed by atoms with Gasteiger partial charge in [0.15, 0.2) is 5.69 Å². The number of aryl methyl sites for hydroxylation is 1. The van der Waals surface area contributed by atoms with Crippen LogP contribution in [0.3, 0.4) is 0 Å². The van der Waals surface area contributed by atoms with Crippen LogP contribution in [0.15, 0.2) is 0 Å². The first-order chi connectivity index (χ1) is 7.20. The first-order valence-corrected chi connectivity index (χ1v) is 5.03. The van der Waals surface area contributed by atoms with Crippen LogP contribution < -0.4 is 5.32 Å². The van der Waals surface area contributed by atoms with Gasteiger partial charge >= 0.3 is 5.97 Å². The van der Waals surface area contributed by atoms with Gasteiger partial charge in [-0.15, -0.1) is 5.10 Å². The molecule has 1 aliphatic heterocycles. The summed E-state index contributed by atoms with van der Waals surface area (Å²) in [4.78, 5) is 11.0. The summed E-state index contributed by atoms with van der Waals surface area (Å²) in [6.07, 6.45) is 1.86. The van der Waals surface area contributed by atoms with E-state index in [2.05, 4.69) is 15.6 Å². The number of carbonyl (C=O) groups is 1. The normalized spacial score (nSPS) is 17.9. The Balaban J connectivity index is 2.30. The number of aromatic carboxylic acids is 1. The average molecular weight is 210 g/mol. The minimum atomic E-state index is -0.948. The number of hydrogen-bond acceptors (Lipinski definition) is 4. The molecule has 82 valence electrons. The Morgan fingerprint density at radius 1 is 1.53 bits per heavy atom. The van der Waals surface area contributed by atoms with Crippen LogP contribution in [-0.2, 0) is 7.05 Å². The Labute approximate surface area is 87.3 Å². The van der Waals surface area contributed by atoms with Crippen LogP contribution in [-0.4, -0.2) is 39.2 Å². The van der Waals surface area contributed by atoms with E-state index in [0.29, 0.717) is 5.69 Å². The highest BCUT2D eigenvalue weighted by molar-refractivity contribution is 5.86. The van der Waals surface area contributed by atoms with Gasteiger partial charge in [0.05, 0.1) is 0 Å². The lowest BCUT2D eigenvalue weighted by molar-refractivity contribution is 0.0682. The van der Waals surface area contributed by atoms with Gasteiger partial charge in [0.2, 0.25) is 0 Å². The highest BCUT2D eigenvalue weighted by Crippen LogP contribution is 2.25. The van der Waals surface area contributed by atoms with Crippen molar-refractivity contribution in [2.24, 2.45) is 7.05 Å². The van der Waals surface area contributed by atoms with Gasteiger partial charge in [-0.3, -0.25) is 0 Å². The summed E-state index contributed by atoms with van der Waals surface area (Å²) in [5.41, 5.74) is 0.855. The molecule has 0 atom stereocenters. The van der Waals surface area contributed by atoms with Crippen molar-refractivity contribution in [3.05, 3.63) is 11.4 Å². The van der Waals surface area contributed by atoms with Gasteiger partial charge in [0.1, 0.15) is 5.69 Å². The summed E-state index contributed by atoms with van der Waals surface area (Å²) in [7, 11) is 1.61. The monoisotopic (exact) mass is 210 g/mol. The first kappa shape index (κ1) is 10.1. The van der Waals surface area contributed by atoms with E-state index in [1.165, 1.54) is 4.68 Å². The molecule has 2 heterocycles. The lowest BCUT2D eigenvalue weighted by atomic mass is 9.93. The Hall–Kier alpha value is -1.43. The zero-order valence-corrected chi connectivity index (χ0v) is 8.60. The zero-order valence-electron chi connectivity index (χ0n) is 8.60. The maximum atomic E-state index is 11.0. The predicted octanol–water partition coefficient (Wildman–Crippen LogP) is -0.0197. The maximum Gasteiger partial charge on any atom is 0.356 e. The van der Waals surface area contributed by atoms with Gasteiger partial charge in [-0.25, -0.2) is 9.48 Å². The molecule has 2 rings (SSSR count). The summed E-state index contributed by atoms with van der Waals surface area (Å²) < 4.78 is 1.33. The van der Waals surface area contributed by atoms with Crippen molar-refractivity contribution in [3.63, 3.8) is 0 Å². The number of carboxylic acids is 1. The van der Waals surface area contributed by atoms with Crippen molar-refractivity contribution >= 4 is 5.97 Å². The Bertz CT molecular complexity index is 368. The average Bonchev–Trinajstić information content (AvgIpc) is 2.61. The van der Waals surface area contributed by atoms with Gasteiger partial charge in [-0.2, -0.15) is 0 Å². The summed E-state index contributed by atoms with van der Waals surface area (Å²) in [6.45, 7) is 1.83. The van der Waals surface area contributed by atoms with Crippen molar-refractivity contribution in [2.45, 2.75) is 18.8 Å². The van der Waals surface area contributed by atoms with Crippen molar-refractivity contribution in [1.82, 2.24) is 20.3 Å². The highest BCUT2D eigenvalue weighted by atomic mass is 16.4. The minimum Gasteiger partial charge on any atom is -0.476 e. The second-order valence-corrected chi connectivity index (χ2v) is 3.78.